The lowest BCUT2D eigenvalue weighted by Gasteiger charge is -2.23. The van der Waals surface area contributed by atoms with E-state index in [0.29, 0.717) is 5.92 Å². The first-order chi connectivity index (χ1) is 8.77. The SMILES string of the molecule is Cc1c(-c2cccs2)nn(C)c1C1CCNCC1. The largest absolute Gasteiger partial charge is 0.317 e. The number of piperidine rings is 1. The summed E-state index contributed by atoms with van der Waals surface area (Å²) in [7, 11) is 2.08. The van der Waals surface area contributed by atoms with Crippen molar-refractivity contribution in [3.8, 4) is 10.6 Å². The molecule has 0 spiro atoms. The molecule has 0 aliphatic carbocycles. The summed E-state index contributed by atoms with van der Waals surface area (Å²) in [5.41, 5.74) is 3.97. The van der Waals surface area contributed by atoms with Crippen LogP contribution in [-0.2, 0) is 7.05 Å². The van der Waals surface area contributed by atoms with Crippen LogP contribution in [0.3, 0.4) is 0 Å². The van der Waals surface area contributed by atoms with Crippen LogP contribution in [0, 0.1) is 6.92 Å². The summed E-state index contributed by atoms with van der Waals surface area (Å²) in [6.07, 6.45) is 2.45. The number of thiophene rings is 1. The maximum atomic E-state index is 4.73. The maximum Gasteiger partial charge on any atom is 0.105 e. The predicted molar refractivity (Wildman–Crippen MR) is 76.1 cm³/mol. The molecule has 3 heterocycles. The summed E-state index contributed by atoms with van der Waals surface area (Å²) in [5, 5.41) is 10.3. The average molecular weight is 261 g/mol. The molecule has 1 saturated heterocycles. The lowest BCUT2D eigenvalue weighted by Crippen LogP contribution is -2.27. The van der Waals surface area contributed by atoms with Crippen LogP contribution in [-0.4, -0.2) is 22.9 Å². The average Bonchev–Trinajstić information content (AvgIpc) is 2.99. The molecule has 0 radical (unpaired) electrons. The van der Waals surface area contributed by atoms with Crippen LogP contribution in [0.25, 0.3) is 10.6 Å². The summed E-state index contributed by atoms with van der Waals surface area (Å²) in [6, 6.07) is 4.25. The zero-order valence-corrected chi connectivity index (χ0v) is 11.8. The number of aromatic nitrogens is 2. The van der Waals surface area contributed by atoms with E-state index in [9.17, 15) is 0 Å². The van der Waals surface area contributed by atoms with Crippen molar-refractivity contribution in [2.75, 3.05) is 13.1 Å². The summed E-state index contributed by atoms with van der Waals surface area (Å²) < 4.78 is 2.10. The highest BCUT2D eigenvalue weighted by atomic mass is 32.1. The van der Waals surface area contributed by atoms with Crippen molar-refractivity contribution in [3.63, 3.8) is 0 Å². The fourth-order valence-corrected chi connectivity index (χ4v) is 3.72. The van der Waals surface area contributed by atoms with Crippen LogP contribution in [0.1, 0.15) is 30.0 Å². The van der Waals surface area contributed by atoms with Crippen molar-refractivity contribution in [2.24, 2.45) is 7.05 Å². The van der Waals surface area contributed by atoms with Crippen molar-refractivity contribution in [1.29, 1.82) is 0 Å². The highest BCUT2D eigenvalue weighted by Crippen LogP contribution is 2.34. The van der Waals surface area contributed by atoms with Crippen LogP contribution < -0.4 is 5.32 Å². The van der Waals surface area contributed by atoms with E-state index in [1.54, 1.807) is 11.3 Å². The van der Waals surface area contributed by atoms with E-state index >= 15 is 0 Å². The van der Waals surface area contributed by atoms with Gasteiger partial charge in [0.05, 0.1) is 4.88 Å². The van der Waals surface area contributed by atoms with Gasteiger partial charge in [0.1, 0.15) is 5.69 Å². The summed E-state index contributed by atoms with van der Waals surface area (Å²) in [4.78, 5) is 1.28. The third-order valence-electron chi connectivity index (χ3n) is 3.82. The van der Waals surface area contributed by atoms with Crippen LogP contribution in [0.2, 0.25) is 0 Å². The molecule has 0 bridgehead atoms. The second-order valence-electron chi connectivity index (χ2n) is 4.98. The van der Waals surface area contributed by atoms with Gasteiger partial charge in [-0.2, -0.15) is 5.10 Å². The predicted octanol–water partition coefficient (Wildman–Crippen LogP) is 2.92. The van der Waals surface area contributed by atoms with Gasteiger partial charge in [-0.25, -0.2) is 0 Å². The monoisotopic (exact) mass is 261 g/mol. The summed E-state index contributed by atoms with van der Waals surface area (Å²) in [6.45, 7) is 4.48. The topological polar surface area (TPSA) is 29.9 Å². The van der Waals surface area contributed by atoms with E-state index in [0.717, 1.165) is 13.1 Å². The van der Waals surface area contributed by atoms with Gasteiger partial charge in [-0.05, 0) is 49.9 Å². The molecule has 96 valence electrons. The molecule has 3 nitrogen and oxygen atoms in total. The number of nitrogens with one attached hydrogen (secondary N) is 1. The Morgan fingerprint density at radius 2 is 2.17 bits per heavy atom. The van der Waals surface area contributed by atoms with E-state index in [1.807, 2.05) is 0 Å². The normalized spacial score (nSPS) is 17.2. The standard InChI is InChI=1S/C14H19N3S/c1-10-13(12-4-3-9-18-12)16-17(2)14(10)11-5-7-15-8-6-11/h3-4,9,11,15H,5-8H2,1-2H3. The Labute approximate surface area is 112 Å². The molecule has 0 amide bonds. The van der Waals surface area contributed by atoms with E-state index in [1.165, 1.54) is 34.7 Å². The number of aryl methyl sites for hydroxylation is 1. The minimum absolute atomic E-state index is 0.664. The molecule has 1 aliphatic heterocycles. The van der Waals surface area contributed by atoms with Crippen LogP contribution >= 0.6 is 11.3 Å². The molecule has 3 rings (SSSR count). The van der Waals surface area contributed by atoms with Crippen molar-refractivity contribution in [1.82, 2.24) is 15.1 Å². The Morgan fingerprint density at radius 3 is 2.83 bits per heavy atom. The molecule has 0 aromatic carbocycles. The Balaban J connectivity index is 2.00. The lowest BCUT2D eigenvalue weighted by molar-refractivity contribution is 0.438. The van der Waals surface area contributed by atoms with E-state index in [4.69, 9.17) is 5.10 Å². The molecule has 4 heteroatoms. The number of hydrogen-bond donors (Lipinski definition) is 1. The van der Waals surface area contributed by atoms with Crippen molar-refractivity contribution in [2.45, 2.75) is 25.7 Å². The molecule has 1 fully saturated rings. The van der Waals surface area contributed by atoms with E-state index in [-0.39, 0.29) is 0 Å². The molecule has 0 saturated carbocycles. The quantitative estimate of drug-likeness (QED) is 0.901. The summed E-state index contributed by atoms with van der Waals surface area (Å²) >= 11 is 1.77. The molecule has 1 N–H and O–H groups in total. The molecule has 0 unspecified atom stereocenters. The van der Waals surface area contributed by atoms with Gasteiger partial charge in [0.15, 0.2) is 0 Å². The fourth-order valence-electron chi connectivity index (χ4n) is 2.96. The van der Waals surface area contributed by atoms with Gasteiger partial charge in [0.2, 0.25) is 0 Å². The van der Waals surface area contributed by atoms with Crippen molar-refractivity contribution >= 4 is 11.3 Å². The van der Waals surface area contributed by atoms with Gasteiger partial charge in [0, 0.05) is 18.7 Å². The fraction of sp³-hybridized carbons (Fsp3) is 0.500. The molecular weight excluding hydrogens is 242 g/mol. The van der Waals surface area contributed by atoms with Crippen LogP contribution in [0.4, 0.5) is 0 Å². The van der Waals surface area contributed by atoms with Gasteiger partial charge >= 0.3 is 0 Å². The third-order valence-corrected chi connectivity index (χ3v) is 4.70. The van der Waals surface area contributed by atoms with Gasteiger partial charge in [-0.1, -0.05) is 6.07 Å². The smallest absolute Gasteiger partial charge is 0.105 e. The second-order valence-corrected chi connectivity index (χ2v) is 5.93. The first-order valence-electron chi connectivity index (χ1n) is 6.55. The Kier molecular flexibility index (Phi) is 3.22. The Morgan fingerprint density at radius 1 is 1.39 bits per heavy atom. The Bertz CT molecular complexity index is 521. The first-order valence-corrected chi connectivity index (χ1v) is 7.43. The van der Waals surface area contributed by atoms with Crippen molar-refractivity contribution < 1.29 is 0 Å². The zero-order valence-electron chi connectivity index (χ0n) is 10.9. The minimum atomic E-state index is 0.664. The number of rotatable bonds is 2. The zero-order chi connectivity index (χ0) is 12.5. The molecule has 0 atom stereocenters. The first kappa shape index (κ1) is 11.9. The molecule has 18 heavy (non-hydrogen) atoms. The highest BCUT2D eigenvalue weighted by Gasteiger charge is 2.23. The Hall–Kier alpha value is -1.13. The second kappa shape index (κ2) is 4.86. The minimum Gasteiger partial charge on any atom is -0.317 e. The van der Waals surface area contributed by atoms with Crippen molar-refractivity contribution in [3.05, 3.63) is 28.8 Å². The number of hydrogen-bond acceptors (Lipinski definition) is 3. The van der Waals surface area contributed by atoms with E-state index < -0.39 is 0 Å². The maximum absolute atomic E-state index is 4.73. The van der Waals surface area contributed by atoms with Gasteiger partial charge < -0.3 is 5.32 Å². The molecule has 1 aliphatic rings. The molecule has 2 aromatic rings. The molecule has 2 aromatic heterocycles. The van der Waals surface area contributed by atoms with Crippen LogP contribution in [0.15, 0.2) is 17.5 Å². The molecular formula is C14H19N3S. The van der Waals surface area contributed by atoms with Gasteiger partial charge in [0.25, 0.3) is 0 Å². The van der Waals surface area contributed by atoms with Crippen LogP contribution in [0.5, 0.6) is 0 Å². The lowest BCUT2D eigenvalue weighted by atomic mass is 9.91. The van der Waals surface area contributed by atoms with E-state index in [2.05, 4.69) is 41.5 Å². The van der Waals surface area contributed by atoms with Gasteiger partial charge in [-0.3, -0.25) is 4.68 Å². The third kappa shape index (κ3) is 1.99. The van der Waals surface area contributed by atoms with Gasteiger partial charge in [-0.15, -0.1) is 11.3 Å². The highest BCUT2D eigenvalue weighted by molar-refractivity contribution is 7.13. The number of nitrogens with zero attached hydrogens (tertiary/aromatic N) is 2. The summed E-state index contributed by atoms with van der Waals surface area (Å²) in [5.74, 6) is 0.664.